The summed E-state index contributed by atoms with van der Waals surface area (Å²) in [5, 5.41) is 2.85. The zero-order valence-electron chi connectivity index (χ0n) is 19.3. The van der Waals surface area contributed by atoms with E-state index in [0.29, 0.717) is 38.7 Å². The number of aryl methyl sites for hydroxylation is 1. The quantitative estimate of drug-likeness (QED) is 0.558. The summed E-state index contributed by atoms with van der Waals surface area (Å²) >= 11 is 1.31. The lowest BCUT2D eigenvalue weighted by atomic mass is 10.2. The fourth-order valence-electron chi connectivity index (χ4n) is 3.19. The van der Waals surface area contributed by atoms with Crippen LogP contribution in [-0.2, 0) is 20.9 Å². The standard InChI is InChI=1S/C23H31N5O4S/c1-16(2)23-26-17(3)10-21(27-23)32-13-19-12-28(8-9-31-19)22(30)15-33-14-20(29)25-11-18-4-6-24-7-5-18/h4-7,10,16,19H,8-9,11-15H2,1-3H3,(H,25,29). The Morgan fingerprint density at radius 1 is 1.27 bits per heavy atom. The molecule has 1 atom stereocenters. The molecule has 1 aliphatic heterocycles. The van der Waals surface area contributed by atoms with Gasteiger partial charge in [-0.05, 0) is 24.6 Å². The molecule has 9 nitrogen and oxygen atoms in total. The van der Waals surface area contributed by atoms with Gasteiger partial charge in [0.15, 0.2) is 0 Å². The Kier molecular flexibility index (Phi) is 9.44. The van der Waals surface area contributed by atoms with Crippen LogP contribution in [0.15, 0.2) is 30.6 Å². The molecule has 0 saturated carbocycles. The Bertz CT molecular complexity index is 928. The highest BCUT2D eigenvalue weighted by Gasteiger charge is 2.25. The van der Waals surface area contributed by atoms with Gasteiger partial charge in [0, 0.05) is 43.2 Å². The highest BCUT2D eigenvalue weighted by atomic mass is 32.2. The van der Waals surface area contributed by atoms with E-state index in [-0.39, 0.29) is 35.3 Å². The number of carbonyl (C=O) groups excluding carboxylic acids is 2. The van der Waals surface area contributed by atoms with Crippen LogP contribution in [0.3, 0.4) is 0 Å². The van der Waals surface area contributed by atoms with Crippen LogP contribution in [0.25, 0.3) is 0 Å². The van der Waals surface area contributed by atoms with E-state index in [1.807, 2.05) is 32.9 Å². The second-order valence-corrected chi connectivity index (χ2v) is 9.11. The molecule has 1 fully saturated rings. The largest absolute Gasteiger partial charge is 0.475 e. The molecule has 178 valence electrons. The van der Waals surface area contributed by atoms with Gasteiger partial charge in [-0.3, -0.25) is 14.6 Å². The van der Waals surface area contributed by atoms with E-state index >= 15 is 0 Å². The van der Waals surface area contributed by atoms with Crippen molar-refractivity contribution in [3.8, 4) is 5.88 Å². The Morgan fingerprint density at radius 3 is 2.82 bits per heavy atom. The van der Waals surface area contributed by atoms with E-state index in [1.165, 1.54) is 11.8 Å². The number of hydrogen-bond donors (Lipinski definition) is 1. The van der Waals surface area contributed by atoms with Gasteiger partial charge in [0.05, 0.1) is 24.7 Å². The molecule has 3 heterocycles. The summed E-state index contributed by atoms with van der Waals surface area (Å²) in [4.78, 5) is 39.2. The maximum absolute atomic E-state index is 12.6. The minimum Gasteiger partial charge on any atom is -0.475 e. The van der Waals surface area contributed by atoms with Gasteiger partial charge in [-0.25, -0.2) is 4.98 Å². The number of rotatable bonds is 10. The molecule has 2 aromatic heterocycles. The number of nitrogens with zero attached hydrogens (tertiary/aromatic N) is 4. The summed E-state index contributed by atoms with van der Waals surface area (Å²) in [6.07, 6.45) is 3.15. The van der Waals surface area contributed by atoms with Gasteiger partial charge >= 0.3 is 0 Å². The first kappa shape index (κ1) is 24.9. The normalized spacial score (nSPS) is 16.0. The Labute approximate surface area is 198 Å². The second-order valence-electron chi connectivity index (χ2n) is 8.13. The highest BCUT2D eigenvalue weighted by molar-refractivity contribution is 8.00. The lowest BCUT2D eigenvalue weighted by Crippen LogP contribution is -2.48. The van der Waals surface area contributed by atoms with Gasteiger partial charge in [0.1, 0.15) is 18.5 Å². The van der Waals surface area contributed by atoms with E-state index in [1.54, 1.807) is 23.4 Å². The van der Waals surface area contributed by atoms with Gasteiger partial charge < -0.3 is 19.7 Å². The molecular weight excluding hydrogens is 442 g/mol. The summed E-state index contributed by atoms with van der Waals surface area (Å²) < 4.78 is 11.6. The number of ether oxygens (including phenoxy) is 2. The van der Waals surface area contributed by atoms with E-state index in [9.17, 15) is 9.59 Å². The average molecular weight is 474 g/mol. The van der Waals surface area contributed by atoms with Gasteiger partial charge in [0.2, 0.25) is 17.7 Å². The maximum Gasteiger partial charge on any atom is 0.232 e. The van der Waals surface area contributed by atoms with E-state index in [0.717, 1.165) is 17.1 Å². The Morgan fingerprint density at radius 2 is 2.06 bits per heavy atom. The molecule has 33 heavy (non-hydrogen) atoms. The number of amides is 2. The van der Waals surface area contributed by atoms with Crippen LogP contribution in [0.4, 0.5) is 0 Å². The maximum atomic E-state index is 12.6. The van der Waals surface area contributed by atoms with E-state index < -0.39 is 0 Å². The molecule has 1 aliphatic rings. The Balaban J connectivity index is 1.38. The Hall–Kier alpha value is -2.72. The van der Waals surface area contributed by atoms with Crippen molar-refractivity contribution in [3.63, 3.8) is 0 Å². The summed E-state index contributed by atoms with van der Waals surface area (Å²) in [5.41, 5.74) is 1.84. The third-order valence-electron chi connectivity index (χ3n) is 4.97. The molecule has 2 aromatic rings. The minimum absolute atomic E-state index is 0.00444. The fourth-order valence-corrected chi connectivity index (χ4v) is 3.94. The first-order valence-corrected chi connectivity index (χ1v) is 12.2. The topological polar surface area (TPSA) is 107 Å². The lowest BCUT2D eigenvalue weighted by molar-refractivity contribution is -0.137. The monoisotopic (exact) mass is 473 g/mol. The zero-order chi connectivity index (χ0) is 23.6. The number of aromatic nitrogens is 3. The summed E-state index contributed by atoms with van der Waals surface area (Å²) in [6.45, 7) is 8.19. The van der Waals surface area contributed by atoms with Crippen LogP contribution < -0.4 is 10.1 Å². The van der Waals surface area contributed by atoms with Crippen molar-refractivity contribution in [1.82, 2.24) is 25.2 Å². The smallest absolute Gasteiger partial charge is 0.232 e. The molecule has 1 unspecified atom stereocenters. The number of pyridine rings is 1. The number of carbonyl (C=O) groups is 2. The molecule has 0 aromatic carbocycles. The van der Waals surface area contributed by atoms with E-state index in [4.69, 9.17) is 9.47 Å². The van der Waals surface area contributed by atoms with Crippen LogP contribution >= 0.6 is 11.8 Å². The van der Waals surface area contributed by atoms with Crippen molar-refractivity contribution < 1.29 is 19.1 Å². The summed E-state index contributed by atoms with van der Waals surface area (Å²) in [5.74, 6) is 1.85. The fraction of sp³-hybridized carbons (Fsp3) is 0.522. The van der Waals surface area contributed by atoms with Crippen molar-refractivity contribution >= 4 is 23.6 Å². The predicted octanol–water partition coefficient (Wildman–Crippen LogP) is 1.96. The summed E-state index contributed by atoms with van der Waals surface area (Å²) in [6, 6.07) is 5.50. The predicted molar refractivity (Wildman–Crippen MR) is 126 cm³/mol. The van der Waals surface area contributed by atoms with Gasteiger partial charge in [-0.15, -0.1) is 11.8 Å². The van der Waals surface area contributed by atoms with Crippen LogP contribution in [0.5, 0.6) is 5.88 Å². The molecule has 3 rings (SSSR count). The van der Waals surface area contributed by atoms with Crippen LogP contribution in [0.1, 0.15) is 36.8 Å². The molecule has 0 spiro atoms. The molecule has 1 saturated heterocycles. The SMILES string of the molecule is Cc1cc(OCC2CN(C(=O)CSCC(=O)NCc3ccncc3)CCO2)nc(C(C)C)n1. The lowest BCUT2D eigenvalue weighted by Gasteiger charge is -2.32. The van der Waals surface area contributed by atoms with Gasteiger partial charge in [-0.1, -0.05) is 13.8 Å². The molecule has 0 radical (unpaired) electrons. The number of nitrogens with one attached hydrogen (secondary N) is 1. The average Bonchev–Trinajstić information content (AvgIpc) is 2.82. The second kappa shape index (κ2) is 12.5. The first-order valence-electron chi connectivity index (χ1n) is 11.0. The van der Waals surface area contributed by atoms with Crippen LogP contribution in [0.2, 0.25) is 0 Å². The molecule has 1 N–H and O–H groups in total. The van der Waals surface area contributed by atoms with Crippen molar-refractivity contribution in [2.75, 3.05) is 37.8 Å². The molecule has 0 aliphatic carbocycles. The number of morpholine rings is 1. The first-order chi connectivity index (χ1) is 15.9. The molecule has 2 amide bonds. The van der Waals surface area contributed by atoms with Crippen molar-refractivity contribution in [3.05, 3.63) is 47.7 Å². The molecular formula is C23H31N5O4S. The molecule has 0 bridgehead atoms. The van der Waals surface area contributed by atoms with Gasteiger partial charge in [-0.2, -0.15) is 4.98 Å². The van der Waals surface area contributed by atoms with Crippen molar-refractivity contribution in [1.29, 1.82) is 0 Å². The van der Waals surface area contributed by atoms with Gasteiger partial charge in [0.25, 0.3) is 0 Å². The highest BCUT2D eigenvalue weighted by Crippen LogP contribution is 2.16. The third kappa shape index (κ3) is 8.29. The third-order valence-corrected chi connectivity index (χ3v) is 5.89. The van der Waals surface area contributed by atoms with Crippen molar-refractivity contribution in [2.45, 2.75) is 39.3 Å². The molecule has 10 heteroatoms. The minimum atomic E-state index is -0.228. The number of thioether (sulfide) groups is 1. The van der Waals surface area contributed by atoms with E-state index in [2.05, 4.69) is 20.3 Å². The van der Waals surface area contributed by atoms with Crippen molar-refractivity contribution in [2.24, 2.45) is 0 Å². The zero-order valence-corrected chi connectivity index (χ0v) is 20.1. The van der Waals surface area contributed by atoms with Crippen LogP contribution in [-0.4, -0.2) is 75.6 Å². The summed E-state index contributed by atoms with van der Waals surface area (Å²) in [7, 11) is 0. The number of hydrogen-bond acceptors (Lipinski definition) is 8. The van der Waals surface area contributed by atoms with Crippen LogP contribution in [0, 0.1) is 6.92 Å².